The number of piperazine rings is 1. The number of hydrogen-bond acceptors (Lipinski definition) is 6. The van der Waals surface area contributed by atoms with Gasteiger partial charge in [0.05, 0.1) is 17.6 Å². The summed E-state index contributed by atoms with van der Waals surface area (Å²) in [5.41, 5.74) is 3.34. The van der Waals surface area contributed by atoms with Crippen molar-refractivity contribution in [2.24, 2.45) is 0 Å². The van der Waals surface area contributed by atoms with Crippen molar-refractivity contribution in [2.45, 2.75) is 57.9 Å². The summed E-state index contributed by atoms with van der Waals surface area (Å²) >= 11 is 0. The first-order chi connectivity index (χ1) is 15.5. The molecule has 2 aromatic rings. The zero-order valence-electron chi connectivity index (χ0n) is 19.4. The van der Waals surface area contributed by atoms with Crippen LogP contribution < -0.4 is 15.8 Å². The lowest BCUT2D eigenvalue weighted by Crippen LogP contribution is -2.49. The van der Waals surface area contributed by atoms with Crippen LogP contribution in [0.3, 0.4) is 0 Å². The molecule has 172 valence electrons. The molecule has 0 bridgehead atoms. The van der Waals surface area contributed by atoms with Crippen LogP contribution in [0.4, 0.5) is 5.69 Å². The highest BCUT2D eigenvalue weighted by molar-refractivity contribution is 5.92. The Kier molecular flexibility index (Phi) is 6.89. The molecule has 8 heteroatoms. The van der Waals surface area contributed by atoms with E-state index in [-0.39, 0.29) is 11.5 Å². The molecule has 3 heterocycles. The van der Waals surface area contributed by atoms with Gasteiger partial charge >= 0.3 is 0 Å². The van der Waals surface area contributed by atoms with Gasteiger partial charge in [-0.25, -0.2) is 9.97 Å². The first kappa shape index (κ1) is 22.5. The van der Waals surface area contributed by atoms with E-state index in [1.807, 2.05) is 13.0 Å². The minimum atomic E-state index is -0.164. The van der Waals surface area contributed by atoms with Crippen molar-refractivity contribution in [3.63, 3.8) is 0 Å². The van der Waals surface area contributed by atoms with Crippen LogP contribution in [0.5, 0.6) is 0 Å². The van der Waals surface area contributed by atoms with E-state index in [4.69, 9.17) is 4.98 Å². The Morgan fingerprint density at radius 2 is 1.94 bits per heavy atom. The Bertz CT molecular complexity index is 995. The molecule has 2 aromatic heterocycles. The molecular formula is C24H34N6O2. The quantitative estimate of drug-likeness (QED) is 0.717. The molecule has 0 aromatic carbocycles. The third kappa shape index (κ3) is 4.55. The number of hydrogen-bond donors (Lipinski definition) is 2. The van der Waals surface area contributed by atoms with Gasteiger partial charge in [0.1, 0.15) is 11.5 Å². The fourth-order valence-corrected chi connectivity index (χ4v) is 5.13. The lowest BCUT2D eigenvalue weighted by atomic mass is 10.0. The number of carbonyl (C=O) groups excluding carboxylic acids is 1. The summed E-state index contributed by atoms with van der Waals surface area (Å²) in [6, 6.07) is 4.30. The molecule has 2 atom stereocenters. The summed E-state index contributed by atoms with van der Waals surface area (Å²) in [7, 11) is 1.61. The van der Waals surface area contributed by atoms with Gasteiger partial charge in [-0.05, 0) is 44.2 Å². The minimum Gasteiger partial charge on any atom is -0.368 e. The fraction of sp³-hybridized carbons (Fsp3) is 0.583. The van der Waals surface area contributed by atoms with Crippen LogP contribution in [-0.2, 0) is 12.8 Å². The second-order valence-electron chi connectivity index (χ2n) is 8.75. The molecule has 1 saturated carbocycles. The van der Waals surface area contributed by atoms with Gasteiger partial charge in [0, 0.05) is 50.7 Å². The molecular weight excluding hydrogens is 404 g/mol. The van der Waals surface area contributed by atoms with Crippen LogP contribution in [0.25, 0.3) is 0 Å². The van der Waals surface area contributed by atoms with Gasteiger partial charge in [0.25, 0.3) is 11.5 Å². The number of rotatable bonds is 6. The molecule has 2 unspecified atom stereocenters. The largest absolute Gasteiger partial charge is 0.368 e. The highest BCUT2D eigenvalue weighted by atomic mass is 16.1. The lowest BCUT2D eigenvalue weighted by Gasteiger charge is -2.39. The summed E-state index contributed by atoms with van der Waals surface area (Å²) in [4.78, 5) is 41.3. The summed E-state index contributed by atoms with van der Waals surface area (Å²) in [6.07, 6.45) is 6.60. The number of aromatic nitrogens is 3. The van der Waals surface area contributed by atoms with Crippen molar-refractivity contribution >= 4 is 11.6 Å². The molecule has 0 radical (unpaired) electrons. The van der Waals surface area contributed by atoms with E-state index < -0.39 is 0 Å². The van der Waals surface area contributed by atoms with Crippen molar-refractivity contribution < 1.29 is 4.79 Å². The Hall–Kier alpha value is -2.74. The normalized spacial score (nSPS) is 21.7. The molecule has 0 spiro atoms. The van der Waals surface area contributed by atoms with E-state index in [2.05, 4.69) is 32.0 Å². The predicted octanol–water partition coefficient (Wildman–Crippen LogP) is 2.11. The van der Waals surface area contributed by atoms with Crippen molar-refractivity contribution in [1.29, 1.82) is 0 Å². The van der Waals surface area contributed by atoms with E-state index in [0.717, 1.165) is 81.1 Å². The highest BCUT2D eigenvalue weighted by Crippen LogP contribution is 2.36. The van der Waals surface area contributed by atoms with Gasteiger partial charge < -0.3 is 15.2 Å². The molecule has 32 heavy (non-hydrogen) atoms. The monoisotopic (exact) mass is 438 g/mol. The zero-order chi connectivity index (χ0) is 22.7. The summed E-state index contributed by atoms with van der Waals surface area (Å²) in [5.74, 6) is 1.05. The van der Waals surface area contributed by atoms with E-state index in [1.54, 1.807) is 19.3 Å². The Balaban J connectivity index is 1.35. The second kappa shape index (κ2) is 9.81. The van der Waals surface area contributed by atoms with Crippen LogP contribution in [0, 0.1) is 0 Å². The Labute approximate surface area is 189 Å². The summed E-state index contributed by atoms with van der Waals surface area (Å²) < 4.78 is 0. The maximum absolute atomic E-state index is 12.5. The molecule has 2 aliphatic rings. The number of nitrogens with one attached hydrogen (secondary N) is 2. The molecule has 4 rings (SSSR count). The molecule has 8 nitrogen and oxygen atoms in total. The summed E-state index contributed by atoms with van der Waals surface area (Å²) in [5, 5.41) is 2.60. The van der Waals surface area contributed by atoms with Crippen LogP contribution in [0.1, 0.15) is 66.6 Å². The van der Waals surface area contributed by atoms with E-state index in [1.165, 1.54) is 0 Å². The number of pyridine rings is 1. The fourth-order valence-electron chi connectivity index (χ4n) is 5.13. The van der Waals surface area contributed by atoms with Gasteiger partial charge in [-0.1, -0.05) is 13.8 Å². The van der Waals surface area contributed by atoms with Crippen molar-refractivity contribution in [3.05, 3.63) is 51.5 Å². The molecule has 2 N–H and O–H groups in total. The van der Waals surface area contributed by atoms with Crippen molar-refractivity contribution in [2.75, 3.05) is 38.1 Å². The SMILES string of the molecule is CCc1nc(C2CCC(N3CCN(c4ccc(C(=O)NC)nc4)CC3)C2)[nH]c(=O)c1CC. The first-order valence-electron chi connectivity index (χ1n) is 11.8. The topological polar surface area (TPSA) is 94.2 Å². The standard InChI is InChI=1S/C24H34N6O2/c1-4-19-20(5-2)27-22(28-23(19)31)16-6-7-17(14-16)29-10-12-30(13-11-29)18-8-9-21(26-15-18)24(32)25-3/h8-9,15-17H,4-7,10-14H2,1-3H3,(H,25,32)(H,27,28,31). The lowest BCUT2D eigenvalue weighted by molar-refractivity contribution is 0.0958. The number of aryl methyl sites for hydroxylation is 1. The number of aromatic amines is 1. The number of anilines is 1. The second-order valence-corrected chi connectivity index (χ2v) is 8.75. The van der Waals surface area contributed by atoms with Gasteiger partial charge in [-0.2, -0.15) is 0 Å². The number of H-pyrrole nitrogens is 1. The molecule has 2 fully saturated rings. The van der Waals surface area contributed by atoms with Crippen LogP contribution in [0.15, 0.2) is 23.1 Å². The zero-order valence-corrected chi connectivity index (χ0v) is 19.4. The van der Waals surface area contributed by atoms with E-state index in [9.17, 15) is 9.59 Å². The average molecular weight is 439 g/mol. The number of nitrogens with zero attached hydrogens (tertiary/aromatic N) is 4. The van der Waals surface area contributed by atoms with Gasteiger partial charge in [-0.3, -0.25) is 14.5 Å². The predicted molar refractivity (Wildman–Crippen MR) is 125 cm³/mol. The third-order valence-electron chi connectivity index (χ3n) is 7.00. The van der Waals surface area contributed by atoms with Gasteiger partial charge in [0.2, 0.25) is 0 Å². The van der Waals surface area contributed by atoms with Crippen LogP contribution in [0.2, 0.25) is 0 Å². The Morgan fingerprint density at radius 1 is 1.16 bits per heavy atom. The number of carbonyl (C=O) groups is 1. The average Bonchev–Trinajstić information content (AvgIpc) is 3.33. The van der Waals surface area contributed by atoms with Gasteiger partial charge in [0.15, 0.2) is 0 Å². The molecule has 1 saturated heterocycles. The van der Waals surface area contributed by atoms with Crippen molar-refractivity contribution in [1.82, 2.24) is 25.2 Å². The van der Waals surface area contributed by atoms with E-state index >= 15 is 0 Å². The molecule has 1 amide bonds. The van der Waals surface area contributed by atoms with Crippen molar-refractivity contribution in [3.8, 4) is 0 Å². The number of amides is 1. The highest BCUT2D eigenvalue weighted by Gasteiger charge is 2.33. The molecule has 1 aliphatic carbocycles. The van der Waals surface area contributed by atoms with Gasteiger partial charge in [-0.15, -0.1) is 0 Å². The maximum atomic E-state index is 12.5. The molecule has 1 aliphatic heterocycles. The smallest absolute Gasteiger partial charge is 0.269 e. The third-order valence-corrected chi connectivity index (χ3v) is 7.00. The van der Waals surface area contributed by atoms with Crippen LogP contribution in [-0.4, -0.2) is 65.0 Å². The minimum absolute atomic E-state index is 0.0439. The van der Waals surface area contributed by atoms with E-state index in [0.29, 0.717) is 17.7 Å². The maximum Gasteiger partial charge on any atom is 0.269 e. The first-order valence-corrected chi connectivity index (χ1v) is 11.8. The van der Waals surface area contributed by atoms with Crippen LogP contribution >= 0.6 is 0 Å². The Morgan fingerprint density at radius 3 is 2.56 bits per heavy atom. The summed E-state index contributed by atoms with van der Waals surface area (Å²) in [6.45, 7) is 8.00.